The zero-order valence-corrected chi connectivity index (χ0v) is 12.1. The van der Waals surface area contributed by atoms with Gasteiger partial charge in [0, 0.05) is 17.7 Å². The fraction of sp³-hybridized carbons (Fsp3) is 0.250. The standard InChI is InChI=1S/C12H13N3O2S2/c1-8(17-2)11(16)14-9-3-5-10(6-4-9)19-12-15-13-7-18-12/h3-8H,1-2H3,(H,14,16). The summed E-state index contributed by atoms with van der Waals surface area (Å²) >= 11 is 3.03. The van der Waals surface area contributed by atoms with Crippen molar-refractivity contribution >= 4 is 34.7 Å². The van der Waals surface area contributed by atoms with Crippen molar-refractivity contribution in [1.29, 1.82) is 0 Å². The van der Waals surface area contributed by atoms with Crippen LogP contribution in [0.15, 0.2) is 39.0 Å². The Morgan fingerprint density at radius 3 is 2.74 bits per heavy atom. The highest BCUT2D eigenvalue weighted by atomic mass is 32.2. The van der Waals surface area contributed by atoms with Gasteiger partial charge in [-0.2, -0.15) is 0 Å². The number of nitrogens with one attached hydrogen (secondary N) is 1. The van der Waals surface area contributed by atoms with Gasteiger partial charge in [-0.15, -0.1) is 10.2 Å². The monoisotopic (exact) mass is 295 g/mol. The lowest BCUT2D eigenvalue weighted by Gasteiger charge is -2.10. The third-order valence-corrected chi connectivity index (χ3v) is 4.18. The second kappa shape index (κ2) is 6.65. The summed E-state index contributed by atoms with van der Waals surface area (Å²) in [5.74, 6) is -0.160. The molecule has 7 heteroatoms. The molecule has 1 aromatic heterocycles. The molecule has 0 saturated carbocycles. The summed E-state index contributed by atoms with van der Waals surface area (Å²) in [6, 6.07) is 7.56. The number of carbonyl (C=O) groups excluding carboxylic acids is 1. The van der Waals surface area contributed by atoms with Crippen LogP contribution in [-0.2, 0) is 9.53 Å². The summed E-state index contributed by atoms with van der Waals surface area (Å²) in [6.07, 6.45) is -0.463. The molecule has 1 atom stereocenters. The second-order valence-electron chi connectivity index (χ2n) is 3.70. The zero-order valence-electron chi connectivity index (χ0n) is 10.5. The molecule has 0 spiro atoms. The van der Waals surface area contributed by atoms with Gasteiger partial charge in [-0.25, -0.2) is 0 Å². The molecule has 5 nitrogen and oxygen atoms in total. The molecule has 0 aliphatic carbocycles. The van der Waals surface area contributed by atoms with Gasteiger partial charge in [-0.3, -0.25) is 4.79 Å². The second-order valence-corrected chi connectivity index (χ2v) is 5.85. The van der Waals surface area contributed by atoms with Crippen molar-refractivity contribution < 1.29 is 9.53 Å². The molecule has 0 bridgehead atoms. The van der Waals surface area contributed by atoms with Crippen LogP contribution in [0.3, 0.4) is 0 Å². The van der Waals surface area contributed by atoms with Gasteiger partial charge < -0.3 is 10.1 Å². The predicted molar refractivity (Wildman–Crippen MR) is 75.6 cm³/mol. The van der Waals surface area contributed by atoms with E-state index in [0.717, 1.165) is 14.9 Å². The van der Waals surface area contributed by atoms with Crippen molar-refractivity contribution in [2.45, 2.75) is 22.3 Å². The number of methoxy groups -OCH3 is 1. The summed E-state index contributed by atoms with van der Waals surface area (Å²) in [6.45, 7) is 1.70. The van der Waals surface area contributed by atoms with Gasteiger partial charge in [0.1, 0.15) is 11.6 Å². The normalized spacial score (nSPS) is 12.1. The van der Waals surface area contributed by atoms with Gasteiger partial charge in [0.25, 0.3) is 5.91 Å². The van der Waals surface area contributed by atoms with E-state index in [1.165, 1.54) is 18.4 Å². The molecule has 100 valence electrons. The summed E-state index contributed by atoms with van der Waals surface area (Å²) < 4.78 is 5.84. The smallest absolute Gasteiger partial charge is 0.253 e. The molecule has 1 amide bonds. The van der Waals surface area contributed by atoms with Crippen LogP contribution in [0.25, 0.3) is 0 Å². The Balaban J connectivity index is 1.96. The van der Waals surface area contributed by atoms with Crippen LogP contribution in [-0.4, -0.2) is 29.3 Å². The summed E-state index contributed by atoms with van der Waals surface area (Å²) in [4.78, 5) is 12.7. The van der Waals surface area contributed by atoms with Crippen LogP contribution in [0.1, 0.15) is 6.92 Å². The van der Waals surface area contributed by atoms with Crippen molar-refractivity contribution in [2.75, 3.05) is 12.4 Å². The molecule has 0 aliphatic rings. The van der Waals surface area contributed by atoms with E-state index in [2.05, 4.69) is 15.5 Å². The molecule has 2 rings (SSSR count). The van der Waals surface area contributed by atoms with Gasteiger partial charge in [-0.1, -0.05) is 23.1 Å². The Morgan fingerprint density at radius 1 is 1.42 bits per heavy atom. The zero-order chi connectivity index (χ0) is 13.7. The lowest BCUT2D eigenvalue weighted by molar-refractivity contribution is -0.124. The first kappa shape index (κ1) is 14.0. The van der Waals surface area contributed by atoms with Gasteiger partial charge in [-0.05, 0) is 31.2 Å². The Kier molecular flexibility index (Phi) is 4.89. The van der Waals surface area contributed by atoms with Gasteiger partial charge in [0.05, 0.1) is 0 Å². The van der Waals surface area contributed by atoms with Gasteiger partial charge in [0.2, 0.25) is 0 Å². The number of hydrogen-bond donors (Lipinski definition) is 1. The number of hydrogen-bond acceptors (Lipinski definition) is 6. The maximum Gasteiger partial charge on any atom is 0.253 e. The molecule has 0 fully saturated rings. The minimum absolute atomic E-state index is 0.160. The largest absolute Gasteiger partial charge is 0.372 e. The highest BCUT2D eigenvalue weighted by Crippen LogP contribution is 2.29. The molecule has 19 heavy (non-hydrogen) atoms. The molecule has 1 heterocycles. The molecule has 2 aromatic rings. The predicted octanol–water partition coefficient (Wildman–Crippen LogP) is 2.66. The quantitative estimate of drug-likeness (QED) is 0.918. The number of nitrogens with zero attached hydrogens (tertiary/aromatic N) is 2. The third kappa shape index (κ3) is 4.02. The SMILES string of the molecule is COC(C)C(=O)Nc1ccc(Sc2nncs2)cc1. The van der Waals surface area contributed by atoms with Crippen LogP contribution < -0.4 is 5.32 Å². The van der Waals surface area contributed by atoms with E-state index in [-0.39, 0.29) is 5.91 Å². The number of benzene rings is 1. The van der Waals surface area contributed by atoms with Crippen LogP contribution in [0, 0.1) is 0 Å². The van der Waals surface area contributed by atoms with Crippen LogP contribution >= 0.6 is 23.1 Å². The fourth-order valence-electron chi connectivity index (χ4n) is 1.27. The lowest BCUT2D eigenvalue weighted by atomic mass is 10.3. The van der Waals surface area contributed by atoms with E-state index >= 15 is 0 Å². The maximum atomic E-state index is 11.6. The number of ether oxygens (including phenoxy) is 1. The van der Waals surface area contributed by atoms with E-state index in [1.54, 1.807) is 24.2 Å². The van der Waals surface area contributed by atoms with E-state index in [9.17, 15) is 4.79 Å². The van der Waals surface area contributed by atoms with Crippen LogP contribution in [0.2, 0.25) is 0 Å². The number of amides is 1. The Labute approximate surface area is 119 Å². The average molecular weight is 295 g/mol. The summed E-state index contributed by atoms with van der Waals surface area (Å²) in [5.41, 5.74) is 2.44. The van der Waals surface area contributed by atoms with Gasteiger partial charge >= 0.3 is 0 Å². The topological polar surface area (TPSA) is 64.1 Å². The lowest BCUT2D eigenvalue weighted by Crippen LogP contribution is -2.26. The van der Waals surface area contributed by atoms with Crippen LogP contribution in [0.4, 0.5) is 5.69 Å². The molecular formula is C12H13N3O2S2. The molecule has 1 aromatic carbocycles. The molecule has 0 radical (unpaired) electrons. The number of rotatable bonds is 5. The minimum Gasteiger partial charge on any atom is -0.372 e. The fourth-order valence-corrected chi connectivity index (χ4v) is 2.72. The number of anilines is 1. The number of aromatic nitrogens is 2. The minimum atomic E-state index is -0.463. The highest BCUT2D eigenvalue weighted by Gasteiger charge is 2.11. The van der Waals surface area contributed by atoms with Gasteiger partial charge in [0.15, 0.2) is 4.34 Å². The first-order chi connectivity index (χ1) is 9.19. The van der Waals surface area contributed by atoms with Crippen molar-refractivity contribution in [1.82, 2.24) is 10.2 Å². The molecular weight excluding hydrogens is 282 g/mol. The number of carbonyl (C=O) groups is 1. The molecule has 1 unspecified atom stereocenters. The Bertz CT molecular complexity index is 528. The Hall–Kier alpha value is -1.44. The average Bonchev–Trinajstić information content (AvgIpc) is 2.93. The van der Waals surface area contributed by atoms with E-state index in [1.807, 2.05) is 24.3 Å². The molecule has 1 N–H and O–H groups in total. The van der Waals surface area contributed by atoms with Crippen molar-refractivity contribution in [2.24, 2.45) is 0 Å². The van der Waals surface area contributed by atoms with E-state index < -0.39 is 6.10 Å². The first-order valence-corrected chi connectivity index (χ1v) is 7.26. The highest BCUT2D eigenvalue weighted by molar-refractivity contribution is 8.01. The third-order valence-electron chi connectivity index (χ3n) is 2.39. The Morgan fingerprint density at radius 2 is 2.16 bits per heavy atom. The van der Waals surface area contributed by atoms with E-state index in [4.69, 9.17) is 4.74 Å². The summed E-state index contributed by atoms with van der Waals surface area (Å²) in [5, 5.41) is 10.5. The van der Waals surface area contributed by atoms with Crippen molar-refractivity contribution in [3.8, 4) is 0 Å². The van der Waals surface area contributed by atoms with Crippen molar-refractivity contribution in [3.63, 3.8) is 0 Å². The maximum absolute atomic E-state index is 11.6. The molecule has 0 aliphatic heterocycles. The summed E-state index contributed by atoms with van der Waals surface area (Å²) in [7, 11) is 1.51. The molecule has 0 saturated heterocycles. The van der Waals surface area contributed by atoms with Crippen LogP contribution in [0.5, 0.6) is 0 Å². The van der Waals surface area contributed by atoms with Crippen molar-refractivity contribution in [3.05, 3.63) is 29.8 Å². The van der Waals surface area contributed by atoms with E-state index in [0.29, 0.717) is 0 Å². The first-order valence-electron chi connectivity index (χ1n) is 5.57.